The molecule has 0 atom stereocenters. The number of hydrogen-bond acceptors (Lipinski definition) is 6. The summed E-state index contributed by atoms with van der Waals surface area (Å²) in [7, 11) is 0. The van der Waals surface area contributed by atoms with Crippen LogP contribution in [-0.4, -0.2) is 5.78 Å². The summed E-state index contributed by atoms with van der Waals surface area (Å²) >= 11 is 12.3. The maximum Gasteiger partial charge on any atom is 0.270 e. The van der Waals surface area contributed by atoms with Gasteiger partial charge in [0.1, 0.15) is 0 Å². The van der Waals surface area contributed by atoms with E-state index in [0.717, 1.165) is 24.4 Å². The van der Waals surface area contributed by atoms with Crippen LogP contribution < -0.4 is 0 Å². The van der Waals surface area contributed by atoms with Crippen LogP contribution in [0.2, 0.25) is 0 Å². The Labute approximate surface area is 193 Å². The molecule has 0 saturated carbocycles. The molecular formula is C23H12N2OS4. The number of carbonyl (C=O) groups is 1. The number of nitrogens with zero attached hydrogens (tertiary/aromatic N) is 2. The fourth-order valence-electron chi connectivity index (χ4n) is 3.18. The topological polar surface area (TPSA) is 45.2 Å². The van der Waals surface area contributed by atoms with Crippen molar-refractivity contribution in [2.75, 3.05) is 0 Å². The zero-order valence-electron chi connectivity index (χ0n) is 15.3. The van der Waals surface area contributed by atoms with Crippen LogP contribution in [0.25, 0.3) is 26.3 Å². The third-order valence-corrected chi connectivity index (χ3v) is 7.88. The van der Waals surface area contributed by atoms with E-state index in [1.807, 2.05) is 35.7 Å². The van der Waals surface area contributed by atoms with Gasteiger partial charge in [0, 0.05) is 41.2 Å². The molecule has 0 spiro atoms. The summed E-state index contributed by atoms with van der Waals surface area (Å²) in [6.07, 6.45) is 1.75. The molecule has 0 unspecified atom stereocenters. The predicted octanol–water partition coefficient (Wildman–Crippen LogP) is 6.93. The van der Waals surface area contributed by atoms with E-state index in [1.165, 1.54) is 11.3 Å². The van der Waals surface area contributed by atoms with Gasteiger partial charge in [-0.3, -0.25) is 4.79 Å². The predicted molar refractivity (Wildman–Crippen MR) is 131 cm³/mol. The molecule has 7 heteroatoms. The Morgan fingerprint density at radius 3 is 2.43 bits per heavy atom. The number of rotatable bonds is 3. The van der Waals surface area contributed by atoms with Gasteiger partial charge in [0.05, 0.1) is 12.6 Å². The van der Waals surface area contributed by atoms with E-state index in [-0.39, 0.29) is 11.5 Å². The second kappa shape index (κ2) is 8.51. The molecule has 2 heterocycles. The second-order valence-corrected chi connectivity index (χ2v) is 9.21. The van der Waals surface area contributed by atoms with Crippen molar-refractivity contribution in [3.63, 3.8) is 0 Å². The maximum absolute atomic E-state index is 13.0. The minimum Gasteiger partial charge on any atom is -0.289 e. The first kappa shape index (κ1) is 20.5. The van der Waals surface area contributed by atoms with Crippen molar-refractivity contribution in [1.82, 2.24) is 0 Å². The first-order valence-corrected chi connectivity index (χ1v) is 11.3. The molecule has 3 nitrogen and oxygen atoms in total. The van der Waals surface area contributed by atoms with Crippen LogP contribution in [-0.2, 0) is 0 Å². The number of thiophene rings is 2. The van der Waals surface area contributed by atoms with Crippen LogP contribution in [0.3, 0.4) is 0 Å². The SMILES string of the molecule is [C-]#[N+]/C(C#N)=C1\C(=C\c2ccc(/C(S)=C(/S)c3cccs3)s2)C(=O)c2ccccc21. The van der Waals surface area contributed by atoms with Gasteiger partial charge < -0.3 is 0 Å². The maximum atomic E-state index is 13.0. The Hall–Kier alpha value is -2.81. The molecule has 2 aromatic heterocycles. The number of carbonyl (C=O) groups excluding carboxylic acids is 1. The van der Waals surface area contributed by atoms with Crippen LogP contribution in [0.1, 0.15) is 30.6 Å². The minimum absolute atomic E-state index is 0.0820. The van der Waals surface area contributed by atoms with Crippen molar-refractivity contribution in [3.05, 3.63) is 102 Å². The zero-order chi connectivity index (χ0) is 21.3. The molecule has 4 rings (SSSR count). The van der Waals surface area contributed by atoms with Gasteiger partial charge in [0.15, 0.2) is 5.78 Å². The van der Waals surface area contributed by atoms with Crippen molar-refractivity contribution in [3.8, 4) is 6.07 Å². The summed E-state index contributed by atoms with van der Waals surface area (Å²) in [6, 6.07) is 16.8. The van der Waals surface area contributed by atoms with E-state index in [1.54, 1.807) is 41.7 Å². The van der Waals surface area contributed by atoms with Crippen molar-refractivity contribution < 1.29 is 4.79 Å². The second-order valence-electron chi connectivity index (χ2n) is 6.26. The normalized spacial score (nSPS) is 16.7. The third kappa shape index (κ3) is 3.58. The van der Waals surface area contributed by atoms with E-state index in [0.29, 0.717) is 22.3 Å². The lowest BCUT2D eigenvalue weighted by Gasteiger charge is -2.02. The molecule has 0 bridgehead atoms. The quantitative estimate of drug-likeness (QED) is 0.193. The number of fused-ring (bicyclic) bond motifs is 1. The van der Waals surface area contributed by atoms with Crippen molar-refractivity contribution in [2.24, 2.45) is 0 Å². The first-order valence-electron chi connectivity index (χ1n) is 8.69. The highest BCUT2D eigenvalue weighted by atomic mass is 32.1. The van der Waals surface area contributed by atoms with Gasteiger partial charge >= 0.3 is 0 Å². The Bertz CT molecular complexity index is 1330. The number of benzene rings is 1. The van der Waals surface area contributed by atoms with Crippen molar-refractivity contribution in [2.45, 2.75) is 0 Å². The molecule has 0 fully saturated rings. The lowest BCUT2D eigenvalue weighted by atomic mass is 10.0. The molecule has 0 saturated heterocycles. The summed E-state index contributed by atoms with van der Waals surface area (Å²) in [6.45, 7) is 7.36. The van der Waals surface area contributed by atoms with E-state index in [9.17, 15) is 10.1 Å². The molecular weight excluding hydrogens is 449 g/mol. The highest BCUT2D eigenvalue weighted by molar-refractivity contribution is 7.97. The Morgan fingerprint density at radius 2 is 1.77 bits per heavy atom. The standard InChI is InChI=1S/C23H12N2OS4/c1-25-17(12-24)20-14-5-2-3-6-15(14)21(26)16(20)11-13-8-9-19(30-13)23(28)22(27)18-7-4-10-29-18/h2-11,27-28H/b16-11-,20-17-,23-22-. The number of Topliss-reactive ketones (excluding diaryl/α,β-unsaturated/α-hetero) is 1. The monoisotopic (exact) mass is 460 g/mol. The molecule has 30 heavy (non-hydrogen) atoms. The molecule has 144 valence electrons. The highest BCUT2D eigenvalue weighted by Crippen LogP contribution is 2.42. The summed E-state index contributed by atoms with van der Waals surface area (Å²) in [4.78, 5) is 20.7. The fourth-order valence-corrected chi connectivity index (χ4v) is 5.59. The summed E-state index contributed by atoms with van der Waals surface area (Å²) < 4.78 is 0. The van der Waals surface area contributed by atoms with Crippen LogP contribution >= 0.6 is 47.9 Å². The third-order valence-electron chi connectivity index (χ3n) is 4.54. The highest BCUT2D eigenvalue weighted by Gasteiger charge is 2.32. The molecule has 3 aromatic rings. The number of hydrogen-bond donors (Lipinski definition) is 2. The molecule has 1 aliphatic carbocycles. The van der Waals surface area contributed by atoms with Gasteiger partial charge in [-0.1, -0.05) is 30.3 Å². The molecule has 0 amide bonds. The molecule has 1 aromatic carbocycles. The van der Waals surface area contributed by atoms with E-state index < -0.39 is 0 Å². The van der Waals surface area contributed by atoms with Gasteiger partial charge in [-0.2, -0.15) is 0 Å². The van der Waals surface area contributed by atoms with E-state index in [4.69, 9.17) is 6.57 Å². The zero-order valence-corrected chi connectivity index (χ0v) is 18.7. The number of ketones is 1. The number of nitriles is 1. The van der Waals surface area contributed by atoms with Crippen molar-refractivity contribution in [1.29, 1.82) is 5.26 Å². The Kier molecular flexibility index (Phi) is 5.80. The minimum atomic E-state index is -0.179. The van der Waals surface area contributed by atoms with E-state index in [2.05, 4.69) is 30.1 Å². The molecule has 1 aliphatic rings. The van der Waals surface area contributed by atoms with Gasteiger partial charge in [-0.25, -0.2) is 10.1 Å². The van der Waals surface area contributed by atoms with E-state index >= 15 is 0 Å². The van der Waals surface area contributed by atoms with Crippen LogP contribution in [0.5, 0.6) is 0 Å². The number of thiol groups is 2. The molecule has 0 aliphatic heterocycles. The number of allylic oxidation sites excluding steroid dienone is 3. The van der Waals surface area contributed by atoms with Crippen molar-refractivity contribution >= 4 is 75.2 Å². The van der Waals surface area contributed by atoms with Crippen LogP contribution in [0, 0.1) is 17.9 Å². The fraction of sp³-hybridized carbons (Fsp3) is 0. The van der Waals surface area contributed by atoms with Gasteiger partial charge in [-0.15, -0.1) is 47.9 Å². The average molecular weight is 461 g/mol. The Morgan fingerprint density at radius 1 is 1.03 bits per heavy atom. The van der Waals surface area contributed by atoms with Crippen LogP contribution in [0.4, 0.5) is 0 Å². The molecule has 0 radical (unpaired) electrons. The molecule has 0 N–H and O–H groups in total. The lowest BCUT2D eigenvalue weighted by Crippen LogP contribution is -1.95. The van der Waals surface area contributed by atoms with Gasteiger partial charge in [0.2, 0.25) is 0 Å². The largest absolute Gasteiger partial charge is 0.289 e. The van der Waals surface area contributed by atoms with Crippen LogP contribution in [0.15, 0.2) is 65.2 Å². The summed E-state index contributed by atoms with van der Waals surface area (Å²) in [5, 5.41) is 11.4. The Balaban J connectivity index is 1.80. The smallest absolute Gasteiger partial charge is 0.270 e. The average Bonchev–Trinajstić information content (AvgIpc) is 3.51. The summed E-state index contributed by atoms with van der Waals surface area (Å²) in [5.41, 5.74) is 1.83. The van der Waals surface area contributed by atoms with Gasteiger partial charge in [0.25, 0.3) is 5.70 Å². The first-order chi connectivity index (χ1) is 14.5. The lowest BCUT2D eigenvalue weighted by molar-refractivity contribution is 0.104. The summed E-state index contributed by atoms with van der Waals surface area (Å²) in [5.74, 6) is -0.179. The van der Waals surface area contributed by atoms with Gasteiger partial charge in [-0.05, 0) is 35.2 Å².